The Balaban J connectivity index is 1.95. The van der Waals surface area contributed by atoms with Crippen LogP contribution in [0.1, 0.15) is 59.9 Å². The van der Waals surface area contributed by atoms with Crippen LogP contribution in [0.3, 0.4) is 0 Å². The average Bonchev–Trinajstić information content (AvgIpc) is 2.89. The number of methoxy groups -OCH3 is 1. The molecular weight excluding hydrogens is 486 g/mol. The van der Waals surface area contributed by atoms with Crippen LogP contribution in [0.4, 0.5) is 5.69 Å². The van der Waals surface area contributed by atoms with Crippen LogP contribution in [0.25, 0.3) is 0 Å². The van der Waals surface area contributed by atoms with Crippen molar-refractivity contribution < 1.29 is 29.0 Å². The molecular formula is C29H39N3O6. The molecule has 38 heavy (non-hydrogen) atoms. The number of nitrogens with zero attached hydrogens (tertiary/aromatic N) is 2. The Morgan fingerprint density at radius 1 is 1.16 bits per heavy atom. The van der Waals surface area contributed by atoms with Gasteiger partial charge >= 0.3 is 5.97 Å². The maximum absolute atomic E-state index is 13.5. The van der Waals surface area contributed by atoms with Gasteiger partial charge in [-0.05, 0) is 49.1 Å². The number of aromatic carboxylic acids is 1. The summed E-state index contributed by atoms with van der Waals surface area (Å²) in [6.07, 6.45) is 0.876. The van der Waals surface area contributed by atoms with Crippen LogP contribution in [0.5, 0.6) is 5.75 Å². The second kappa shape index (κ2) is 13.4. The van der Waals surface area contributed by atoms with Gasteiger partial charge in [0.2, 0.25) is 5.91 Å². The molecule has 1 heterocycles. The summed E-state index contributed by atoms with van der Waals surface area (Å²) in [4.78, 5) is 41.3. The maximum Gasteiger partial charge on any atom is 0.336 e. The minimum atomic E-state index is -0.961. The Morgan fingerprint density at radius 2 is 1.89 bits per heavy atom. The van der Waals surface area contributed by atoms with Crippen molar-refractivity contribution in [2.45, 2.75) is 52.3 Å². The molecule has 2 aromatic carbocycles. The molecule has 0 fully saturated rings. The van der Waals surface area contributed by atoms with E-state index in [1.54, 1.807) is 49.4 Å². The van der Waals surface area contributed by atoms with E-state index in [-0.39, 0.29) is 42.0 Å². The highest BCUT2D eigenvalue weighted by Gasteiger charge is 2.29. The third-order valence-corrected chi connectivity index (χ3v) is 6.96. The molecule has 0 saturated carbocycles. The number of fused-ring (bicyclic) bond motifs is 1. The van der Waals surface area contributed by atoms with Gasteiger partial charge in [-0.3, -0.25) is 14.5 Å². The lowest BCUT2D eigenvalue weighted by molar-refractivity contribution is -0.116. The first-order valence-electron chi connectivity index (χ1n) is 13.0. The Kier molecular flexibility index (Phi) is 10.3. The number of rotatable bonds is 7. The third-order valence-electron chi connectivity index (χ3n) is 6.96. The Hall–Kier alpha value is -3.43. The minimum absolute atomic E-state index is 0.0354. The van der Waals surface area contributed by atoms with Crippen LogP contribution in [-0.4, -0.2) is 78.7 Å². The van der Waals surface area contributed by atoms with E-state index in [1.165, 1.54) is 0 Å². The molecule has 0 spiro atoms. The van der Waals surface area contributed by atoms with E-state index in [2.05, 4.69) is 17.1 Å². The lowest BCUT2D eigenvalue weighted by atomic mass is 10.00. The Bertz CT molecular complexity index is 1140. The zero-order valence-electron chi connectivity index (χ0n) is 22.9. The van der Waals surface area contributed by atoms with Crippen molar-refractivity contribution in [1.29, 1.82) is 0 Å². The average molecular weight is 526 g/mol. The molecule has 1 aliphatic rings. The molecule has 2 amide bonds. The van der Waals surface area contributed by atoms with E-state index in [0.29, 0.717) is 43.1 Å². The fourth-order valence-corrected chi connectivity index (χ4v) is 4.69. The van der Waals surface area contributed by atoms with Crippen molar-refractivity contribution in [2.24, 2.45) is 5.92 Å². The molecule has 9 nitrogen and oxygen atoms in total. The molecule has 0 aliphatic carbocycles. The molecule has 2 N–H and O–H groups in total. The first kappa shape index (κ1) is 29.1. The molecule has 1 aliphatic heterocycles. The van der Waals surface area contributed by atoms with Gasteiger partial charge in [-0.25, -0.2) is 4.79 Å². The SMILES string of the molecule is CCCC(=O)Nc1ccc2c(c1)C(=O)N(C)C[C@@H](OC)[C@H](C)CN(Cc1ccccc1C(=O)O)[C@H](C)CO2. The topological polar surface area (TPSA) is 108 Å². The number of anilines is 1. The number of carbonyl (C=O) groups excluding carboxylic acids is 2. The number of nitrogens with one attached hydrogen (secondary N) is 1. The molecule has 0 radical (unpaired) electrons. The summed E-state index contributed by atoms with van der Waals surface area (Å²) in [6.45, 7) is 7.71. The normalized spacial score (nSPS) is 21.0. The van der Waals surface area contributed by atoms with E-state index < -0.39 is 5.97 Å². The number of benzene rings is 2. The van der Waals surface area contributed by atoms with Crippen LogP contribution in [0, 0.1) is 5.92 Å². The number of carbonyl (C=O) groups is 3. The van der Waals surface area contributed by atoms with E-state index in [4.69, 9.17) is 9.47 Å². The van der Waals surface area contributed by atoms with Crippen molar-refractivity contribution in [3.8, 4) is 5.75 Å². The highest BCUT2D eigenvalue weighted by Crippen LogP contribution is 2.27. The predicted molar refractivity (Wildman–Crippen MR) is 146 cm³/mol. The van der Waals surface area contributed by atoms with Gasteiger partial charge < -0.3 is 24.8 Å². The van der Waals surface area contributed by atoms with Crippen LogP contribution in [0.15, 0.2) is 42.5 Å². The number of carboxylic acid groups (broad SMARTS) is 1. The monoisotopic (exact) mass is 525 g/mol. The fourth-order valence-electron chi connectivity index (χ4n) is 4.69. The summed E-state index contributed by atoms with van der Waals surface area (Å²) in [5.41, 5.74) is 1.90. The van der Waals surface area contributed by atoms with E-state index in [9.17, 15) is 19.5 Å². The van der Waals surface area contributed by atoms with Crippen molar-refractivity contribution in [3.63, 3.8) is 0 Å². The molecule has 0 saturated heterocycles. The summed E-state index contributed by atoms with van der Waals surface area (Å²) >= 11 is 0. The number of amides is 2. The molecule has 0 aromatic heterocycles. The van der Waals surface area contributed by atoms with Crippen LogP contribution < -0.4 is 10.1 Å². The molecule has 0 unspecified atom stereocenters. The Morgan fingerprint density at radius 3 is 2.58 bits per heavy atom. The van der Waals surface area contributed by atoms with Gasteiger partial charge in [0.1, 0.15) is 12.4 Å². The quantitative estimate of drug-likeness (QED) is 0.560. The highest BCUT2D eigenvalue weighted by molar-refractivity contribution is 5.99. The molecule has 2 aromatic rings. The summed E-state index contributed by atoms with van der Waals surface area (Å²) in [5.74, 6) is -0.829. The molecule has 3 atom stereocenters. The number of hydrogen-bond acceptors (Lipinski definition) is 6. The van der Waals surface area contributed by atoms with Gasteiger partial charge in [-0.15, -0.1) is 0 Å². The lowest BCUT2D eigenvalue weighted by Gasteiger charge is -2.36. The fraction of sp³-hybridized carbons (Fsp3) is 0.483. The van der Waals surface area contributed by atoms with Crippen molar-refractivity contribution in [1.82, 2.24) is 9.80 Å². The van der Waals surface area contributed by atoms with E-state index >= 15 is 0 Å². The van der Waals surface area contributed by atoms with Crippen molar-refractivity contribution in [3.05, 3.63) is 59.2 Å². The van der Waals surface area contributed by atoms with E-state index in [1.807, 2.05) is 26.0 Å². The zero-order chi connectivity index (χ0) is 27.8. The van der Waals surface area contributed by atoms with Crippen LogP contribution in [0.2, 0.25) is 0 Å². The predicted octanol–water partition coefficient (Wildman–Crippen LogP) is 4.13. The van der Waals surface area contributed by atoms with Crippen molar-refractivity contribution in [2.75, 3.05) is 39.2 Å². The standard InChI is InChI=1S/C29H39N3O6/c1-6-9-27(33)30-22-12-13-25-24(14-22)28(34)31(4)17-26(37-5)19(2)15-32(20(3)18-38-25)16-21-10-7-8-11-23(21)29(35)36/h7-8,10-14,19-20,26H,6,9,15-18H2,1-5H3,(H,30,33)(H,35,36)/t19-,20-,26-/m1/s1. The number of ether oxygens (including phenoxy) is 2. The van der Waals surface area contributed by atoms with E-state index in [0.717, 1.165) is 12.0 Å². The van der Waals surface area contributed by atoms with Crippen LogP contribution in [-0.2, 0) is 16.1 Å². The third kappa shape index (κ3) is 7.33. The second-order valence-corrected chi connectivity index (χ2v) is 10.00. The number of hydrogen-bond donors (Lipinski definition) is 2. The molecule has 0 bridgehead atoms. The Labute approximate surface area is 224 Å². The molecule has 206 valence electrons. The van der Waals surface area contributed by atoms with Gasteiger partial charge in [0, 0.05) is 51.9 Å². The molecule has 9 heteroatoms. The summed E-state index contributed by atoms with van der Waals surface area (Å²) < 4.78 is 12.0. The largest absolute Gasteiger partial charge is 0.491 e. The van der Waals surface area contributed by atoms with Gasteiger partial charge in [-0.1, -0.05) is 32.0 Å². The first-order valence-corrected chi connectivity index (χ1v) is 13.0. The maximum atomic E-state index is 13.5. The summed E-state index contributed by atoms with van der Waals surface area (Å²) in [7, 11) is 3.36. The van der Waals surface area contributed by atoms with Gasteiger partial charge in [0.25, 0.3) is 5.91 Å². The van der Waals surface area contributed by atoms with Gasteiger partial charge in [0.15, 0.2) is 0 Å². The lowest BCUT2D eigenvalue weighted by Crippen LogP contribution is -2.46. The summed E-state index contributed by atoms with van der Waals surface area (Å²) in [5, 5.41) is 12.5. The number of likely N-dealkylation sites (N-methyl/N-ethyl adjacent to an activating group) is 1. The summed E-state index contributed by atoms with van der Waals surface area (Å²) in [6, 6.07) is 12.0. The minimum Gasteiger partial charge on any atom is -0.491 e. The van der Waals surface area contributed by atoms with Gasteiger partial charge in [-0.2, -0.15) is 0 Å². The number of carboxylic acids is 1. The zero-order valence-corrected chi connectivity index (χ0v) is 22.9. The second-order valence-electron chi connectivity index (χ2n) is 10.00. The van der Waals surface area contributed by atoms with Crippen LogP contribution >= 0.6 is 0 Å². The van der Waals surface area contributed by atoms with Gasteiger partial charge in [0.05, 0.1) is 17.2 Å². The highest BCUT2D eigenvalue weighted by atomic mass is 16.5. The first-order chi connectivity index (χ1) is 18.1. The molecule has 3 rings (SSSR count). The van der Waals surface area contributed by atoms with Crippen molar-refractivity contribution >= 4 is 23.5 Å². The smallest absolute Gasteiger partial charge is 0.336 e.